The summed E-state index contributed by atoms with van der Waals surface area (Å²) in [5.74, 6) is 0.887. The molecule has 1 aliphatic rings. The van der Waals surface area contributed by atoms with Gasteiger partial charge in [-0.15, -0.1) is 0 Å². The largest absolute Gasteiger partial charge is 0.381 e. The van der Waals surface area contributed by atoms with Gasteiger partial charge in [0.25, 0.3) is 0 Å². The predicted octanol–water partition coefficient (Wildman–Crippen LogP) is 7.55. The van der Waals surface area contributed by atoms with Crippen molar-refractivity contribution in [3.63, 3.8) is 0 Å². The van der Waals surface area contributed by atoms with E-state index in [1.807, 2.05) is 0 Å². The van der Waals surface area contributed by atoms with Gasteiger partial charge in [0.2, 0.25) is 0 Å². The van der Waals surface area contributed by atoms with Gasteiger partial charge in [-0.3, -0.25) is 0 Å². The van der Waals surface area contributed by atoms with E-state index in [1.54, 1.807) is 0 Å². The van der Waals surface area contributed by atoms with Gasteiger partial charge < -0.3 is 9.47 Å². The van der Waals surface area contributed by atoms with Crippen molar-refractivity contribution in [2.75, 3.05) is 26.4 Å². The molecule has 0 aromatic carbocycles. The molecule has 0 spiro atoms. The summed E-state index contributed by atoms with van der Waals surface area (Å²) in [6.07, 6.45) is 21.1. The zero-order valence-corrected chi connectivity index (χ0v) is 18.3. The average Bonchev–Trinajstić information content (AvgIpc) is 2.59. The molecule has 0 saturated carbocycles. The molecule has 0 aromatic heterocycles. The molecule has 0 aromatic rings. The van der Waals surface area contributed by atoms with E-state index in [9.17, 15) is 0 Å². The Morgan fingerprint density at radius 3 is 1.58 bits per heavy atom. The number of rotatable bonds is 19. The molecule has 0 unspecified atom stereocenters. The summed E-state index contributed by atoms with van der Waals surface area (Å²) in [5, 5.41) is 0. The molecule has 1 aliphatic heterocycles. The van der Waals surface area contributed by atoms with Gasteiger partial charge in [0.05, 0.1) is 19.8 Å². The lowest BCUT2D eigenvalue weighted by Crippen LogP contribution is -2.45. The van der Waals surface area contributed by atoms with Crippen LogP contribution < -0.4 is 0 Å². The molecule has 0 atom stereocenters. The lowest BCUT2D eigenvalue weighted by atomic mass is 9.84. The number of ether oxygens (including phenoxy) is 2. The maximum Gasteiger partial charge on any atom is 0.0566 e. The van der Waals surface area contributed by atoms with Crippen LogP contribution >= 0.6 is 0 Å². The lowest BCUT2D eigenvalue weighted by Gasteiger charge is -2.40. The van der Waals surface area contributed by atoms with Gasteiger partial charge in [0.1, 0.15) is 0 Å². The monoisotopic (exact) mass is 368 g/mol. The average molecular weight is 369 g/mol. The minimum Gasteiger partial charge on any atom is -0.381 e. The molecule has 26 heavy (non-hydrogen) atoms. The summed E-state index contributed by atoms with van der Waals surface area (Å²) in [6, 6.07) is 0. The molecular weight excluding hydrogens is 320 g/mol. The predicted molar refractivity (Wildman–Crippen MR) is 114 cm³/mol. The Labute approximate surface area is 164 Å². The minimum atomic E-state index is 0.355. The van der Waals surface area contributed by atoms with E-state index >= 15 is 0 Å². The normalized spacial score (nSPS) is 16.2. The molecule has 0 aliphatic carbocycles. The van der Waals surface area contributed by atoms with Crippen LogP contribution in [-0.4, -0.2) is 26.4 Å². The van der Waals surface area contributed by atoms with E-state index < -0.39 is 0 Å². The quantitative estimate of drug-likeness (QED) is 0.219. The molecule has 2 heteroatoms. The van der Waals surface area contributed by atoms with Crippen molar-refractivity contribution >= 4 is 0 Å². The van der Waals surface area contributed by atoms with Crippen LogP contribution in [0.25, 0.3) is 0 Å². The number of hydrogen-bond acceptors (Lipinski definition) is 2. The summed E-state index contributed by atoms with van der Waals surface area (Å²) in [7, 11) is 0. The summed E-state index contributed by atoms with van der Waals surface area (Å²) < 4.78 is 11.2. The number of unbranched alkanes of at least 4 members (excludes halogenated alkanes) is 12. The Balaban J connectivity index is 1.68. The Kier molecular flexibility index (Phi) is 14.7. The number of hydrogen-bond donors (Lipinski definition) is 0. The first-order chi connectivity index (χ1) is 12.7. The van der Waals surface area contributed by atoms with Crippen molar-refractivity contribution in [1.82, 2.24) is 0 Å². The Hall–Kier alpha value is -0.0800. The van der Waals surface area contributed by atoms with Crippen molar-refractivity contribution < 1.29 is 9.47 Å². The van der Waals surface area contributed by atoms with Gasteiger partial charge in [0.15, 0.2) is 0 Å². The molecule has 0 radical (unpaired) electrons. The maximum atomic E-state index is 5.87. The second-order valence-electron chi connectivity index (χ2n) is 9.18. The third-order valence-corrected chi connectivity index (χ3v) is 6.04. The summed E-state index contributed by atoms with van der Waals surface area (Å²) in [5.41, 5.74) is 0.355. The molecule has 156 valence electrons. The van der Waals surface area contributed by atoms with Gasteiger partial charge in [-0.25, -0.2) is 0 Å². The molecule has 1 heterocycles. The van der Waals surface area contributed by atoms with Gasteiger partial charge in [0, 0.05) is 12.0 Å². The SMILES string of the molecule is CCC1(COCCCCCCCCCCCCCCCC(C)C)COC1. The van der Waals surface area contributed by atoms with Crippen LogP contribution in [0.1, 0.15) is 117 Å². The molecule has 0 bridgehead atoms. The van der Waals surface area contributed by atoms with Crippen LogP contribution in [0.2, 0.25) is 0 Å². The van der Waals surface area contributed by atoms with E-state index in [4.69, 9.17) is 9.47 Å². The zero-order chi connectivity index (χ0) is 18.9. The van der Waals surface area contributed by atoms with Crippen LogP contribution in [0.4, 0.5) is 0 Å². The van der Waals surface area contributed by atoms with Crippen LogP contribution in [-0.2, 0) is 9.47 Å². The van der Waals surface area contributed by atoms with Gasteiger partial charge >= 0.3 is 0 Å². The van der Waals surface area contributed by atoms with E-state index in [2.05, 4.69) is 20.8 Å². The van der Waals surface area contributed by atoms with E-state index in [0.29, 0.717) is 5.41 Å². The van der Waals surface area contributed by atoms with Crippen molar-refractivity contribution in [3.8, 4) is 0 Å². The molecule has 1 rings (SSSR count). The summed E-state index contributed by atoms with van der Waals surface area (Å²) in [6.45, 7) is 10.6. The highest BCUT2D eigenvalue weighted by molar-refractivity contribution is 4.83. The Bertz CT molecular complexity index is 291. The van der Waals surface area contributed by atoms with Gasteiger partial charge in [-0.2, -0.15) is 0 Å². The highest BCUT2D eigenvalue weighted by Gasteiger charge is 2.36. The Morgan fingerprint density at radius 1 is 0.731 bits per heavy atom. The van der Waals surface area contributed by atoms with Crippen LogP contribution in [0, 0.1) is 11.3 Å². The first-order valence-electron chi connectivity index (χ1n) is 11.8. The Morgan fingerprint density at radius 2 is 1.19 bits per heavy atom. The second-order valence-corrected chi connectivity index (χ2v) is 9.18. The first kappa shape index (κ1) is 24.0. The summed E-state index contributed by atoms with van der Waals surface area (Å²) in [4.78, 5) is 0. The molecule has 1 fully saturated rings. The summed E-state index contributed by atoms with van der Waals surface area (Å²) >= 11 is 0. The molecular formula is C24H48O2. The van der Waals surface area contributed by atoms with Gasteiger partial charge in [-0.1, -0.05) is 104 Å². The van der Waals surface area contributed by atoms with Crippen molar-refractivity contribution in [1.29, 1.82) is 0 Å². The fraction of sp³-hybridized carbons (Fsp3) is 1.00. The highest BCUT2D eigenvalue weighted by Crippen LogP contribution is 2.31. The minimum absolute atomic E-state index is 0.355. The third-order valence-electron chi connectivity index (χ3n) is 6.04. The van der Waals surface area contributed by atoms with Crippen molar-refractivity contribution in [2.24, 2.45) is 11.3 Å². The maximum absolute atomic E-state index is 5.87. The van der Waals surface area contributed by atoms with Crippen LogP contribution in [0.5, 0.6) is 0 Å². The van der Waals surface area contributed by atoms with Crippen molar-refractivity contribution in [3.05, 3.63) is 0 Å². The first-order valence-corrected chi connectivity index (χ1v) is 11.8. The molecule has 1 saturated heterocycles. The second kappa shape index (κ2) is 15.9. The van der Waals surface area contributed by atoms with E-state index in [1.165, 1.54) is 96.3 Å². The van der Waals surface area contributed by atoms with Crippen LogP contribution in [0.3, 0.4) is 0 Å². The fourth-order valence-corrected chi connectivity index (χ4v) is 3.77. The molecule has 0 amide bonds. The zero-order valence-electron chi connectivity index (χ0n) is 18.3. The standard InChI is InChI=1S/C24H48O2/c1-4-24(21-26-22-24)20-25-19-17-15-13-11-9-7-5-6-8-10-12-14-16-18-23(2)3/h23H,4-22H2,1-3H3. The van der Waals surface area contributed by atoms with Crippen molar-refractivity contribution in [2.45, 2.75) is 117 Å². The van der Waals surface area contributed by atoms with E-state index in [0.717, 1.165) is 32.3 Å². The topological polar surface area (TPSA) is 18.5 Å². The van der Waals surface area contributed by atoms with Gasteiger partial charge in [-0.05, 0) is 18.8 Å². The molecule has 2 nitrogen and oxygen atoms in total. The fourth-order valence-electron chi connectivity index (χ4n) is 3.77. The lowest BCUT2D eigenvalue weighted by molar-refractivity contribution is -0.150. The van der Waals surface area contributed by atoms with E-state index in [-0.39, 0.29) is 0 Å². The third kappa shape index (κ3) is 12.3. The smallest absolute Gasteiger partial charge is 0.0566 e. The van der Waals surface area contributed by atoms with Crippen LogP contribution in [0.15, 0.2) is 0 Å². The molecule has 0 N–H and O–H groups in total. The highest BCUT2D eigenvalue weighted by atomic mass is 16.5.